The number of aromatic amines is 1. The minimum atomic E-state index is 0.954. The first-order valence-electron chi connectivity index (χ1n) is 8.23. The fourth-order valence-corrected chi connectivity index (χ4v) is 3.57. The molecule has 0 aliphatic carbocycles. The summed E-state index contributed by atoms with van der Waals surface area (Å²) in [4.78, 5) is 12.7. The number of hydrogen-bond acceptors (Lipinski definition) is 2. The van der Waals surface area contributed by atoms with Crippen molar-refractivity contribution < 1.29 is 0 Å². The molecule has 0 saturated heterocycles. The van der Waals surface area contributed by atoms with E-state index in [4.69, 9.17) is 0 Å². The molecule has 0 radical (unpaired) electrons. The Balaban J connectivity index is 1.88. The minimum Gasteiger partial charge on any atom is -0.353 e. The highest BCUT2D eigenvalue weighted by atomic mass is 15.0. The Bertz CT molecular complexity index is 1130. The number of fused-ring (bicyclic) bond motifs is 3. The first kappa shape index (κ1) is 14.0. The van der Waals surface area contributed by atoms with Crippen LogP contribution in [0.5, 0.6) is 0 Å². The number of nitrogens with zero attached hydrogens (tertiary/aromatic N) is 4. The quantitative estimate of drug-likeness (QED) is 0.530. The van der Waals surface area contributed by atoms with Crippen molar-refractivity contribution in [1.82, 2.24) is 24.1 Å². The summed E-state index contributed by atoms with van der Waals surface area (Å²) in [6.45, 7) is 0. The maximum Gasteiger partial charge on any atom is 0.141 e. The third-order valence-corrected chi connectivity index (χ3v) is 4.79. The summed E-state index contributed by atoms with van der Waals surface area (Å²) in [6, 6.07) is 12.7. The molecule has 2 aromatic carbocycles. The highest BCUT2D eigenvalue weighted by Gasteiger charge is 2.15. The summed E-state index contributed by atoms with van der Waals surface area (Å²) in [6.07, 6.45) is 7.60. The normalized spacial score (nSPS) is 11.6. The summed E-state index contributed by atoms with van der Waals surface area (Å²) in [7, 11) is 4.03. The third-order valence-electron chi connectivity index (χ3n) is 4.79. The van der Waals surface area contributed by atoms with E-state index in [-0.39, 0.29) is 0 Å². The van der Waals surface area contributed by atoms with Crippen LogP contribution in [-0.4, -0.2) is 24.1 Å². The molecule has 5 rings (SSSR count). The average molecular weight is 327 g/mol. The molecule has 5 heteroatoms. The number of aromatic nitrogens is 5. The molecule has 3 aromatic heterocycles. The highest BCUT2D eigenvalue weighted by Crippen LogP contribution is 2.36. The number of H-pyrrole nitrogens is 1. The van der Waals surface area contributed by atoms with Gasteiger partial charge in [0.1, 0.15) is 11.6 Å². The Kier molecular flexibility index (Phi) is 2.85. The van der Waals surface area contributed by atoms with Crippen LogP contribution in [0.2, 0.25) is 0 Å². The van der Waals surface area contributed by atoms with Crippen LogP contribution in [0.3, 0.4) is 0 Å². The number of imidazole rings is 2. The Morgan fingerprint density at radius 1 is 0.720 bits per heavy atom. The second-order valence-electron chi connectivity index (χ2n) is 6.30. The molecular weight excluding hydrogens is 310 g/mol. The predicted molar refractivity (Wildman–Crippen MR) is 100 cm³/mol. The Labute approximate surface area is 144 Å². The standard InChI is InChI=1S/C20H17N5/c1-24-11-9-21-19(24)15-7-3-5-13-14-6-4-8-16(18(14)23-17(13)15)20-22-10-12-25(20)2/h3-12,23H,1-2H3. The van der Waals surface area contributed by atoms with Gasteiger partial charge in [-0.2, -0.15) is 0 Å². The van der Waals surface area contributed by atoms with Crippen LogP contribution in [0.15, 0.2) is 61.2 Å². The monoisotopic (exact) mass is 327 g/mol. The summed E-state index contributed by atoms with van der Waals surface area (Å²) in [5.41, 5.74) is 4.42. The van der Waals surface area contributed by atoms with E-state index in [1.807, 2.05) is 48.0 Å². The molecule has 0 unspecified atom stereocenters. The molecule has 0 atom stereocenters. The van der Waals surface area contributed by atoms with Crippen LogP contribution in [0, 0.1) is 0 Å². The van der Waals surface area contributed by atoms with E-state index in [0.717, 1.165) is 33.8 Å². The molecule has 3 heterocycles. The van der Waals surface area contributed by atoms with Gasteiger partial charge in [-0.15, -0.1) is 0 Å². The van der Waals surface area contributed by atoms with Gasteiger partial charge in [0.2, 0.25) is 0 Å². The molecule has 0 aliphatic rings. The van der Waals surface area contributed by atoms with Crippen LogP contribution >= 0.6 is 0 Å². The van der Waals surface area contributed by atoms with E-state index in [1.54, 1.807) is 0 Å². The van der Waals surface area contributed by atoms with Crippen molar-refractivity contribution >= 4 is 21.8 Å². The predicted octanol–water partition coefficient (Wildman–Crippen LogP) is 4.12. The molecule has 1 N–H and O–H groups in total. The molecule has 0 fully saturated rings. The smallest absolute Gasteiger partial charge is 0.141 e. The van der Waals surface area contributed by atoms with E-state index in [1.165, 1.54) is 10.8 Å². The van der Waals surface area contributed by atoms with Gasteiger partial charge in [0.05, 0.1) is 11.0 Å². The van der Waals surface area contributed by atoms with E-state index < -0.39 is 0 Å². The Hall–Kier alpha value is -3.34. The van der Waals surface area contributed by atoms with Crippen molar-refractivity contribution in [3.05, 3.63) is 61.2 Å². The van der Waals surface area contributed by atoms with Gasteiger partial charge in [0.15, 0.2) is 0 Å². The van der Waals surface area contributed by atoms with E-state index >= 15 is 0 Å². The minimum absolute atomic E-state index is 0.954. The largest absolute Gasteiger partial charge is 0.353 e. The van der Waals surface area contributed by atoms with E-state index in [2.05, 4.69) is 51.4 Å². The second-order valence-corrected chi connectivity index (χ2v) is 6.30. The molecule has 0 amide bonds. The van der Waals surface area contributed by atoms with Crippen LogP contribution in [0.1, 0.15) is 0 Å². The van der Waals surface area contributed by atoms with E-state index in [0.29, 0.717) is 0 Å². The van der Waals surface area contributed by atoms with Crippen LogP contribution in [-0.2, 0) is 14.1 Å². The fraction of sp³-hybridized carbons (Fsp3) is 0.100. The number of benzene rings is 2. The van der Waals surface area contributed by atoms with Gasteiger partial charge in [-0.3, -0.25) is 0 Å². The Morgan fingerprint density at radius 2 is 1.20 bits per heavy atom. The van der Waals surface area contributed by atoms with Gasteiger partial charge in [-0.05, 0) is 12.1 Å². The third kappa shape index (κ3) is 1.96. The number of nitrogens with one attached hydrogen (secondary N) is 1. The molecular formula is C20H17N5. The zero-order valence-corrected chi connectivity index (χ0v) is 14.1. The van der Waals surface area contributed by atoms with Crippen LogP contribution in [0.25, 0.3) is 44.6 Å². The van der Waals surface area contributed by atoms with Gasteiger partial charge >= 0.3 is 0 Å². The van der Waals surface area contributed by atoms with Gasteiger partial charge in [-0.1, -0.05) is 24.3 Å². The summed E-state index contributed by atoms with van der Waals surface area (Å²) < 4.78 is 4.08. The Morgan fingerprint density at radius 3 is 1.60 bits per heavy atom. The zero-order chi connectivity index (χ0) is 17.0. The molecule has 25 heavy (non-hydrogen) atoms. The molecule has 5 aromatic rings. The van der Waals surface area contributed by atoms with Gasteiger partial charge in [-0.25, -0.2) is 9.97 Å². The van der Waals surface area contributed by atoms with Crippen molar-refractivity contribution in [2.45, 2.75) is 0 Å². The van der Waals surface area contributed by atoms with Crippen molar-refractivity contribution in [1.29, 1.82) is 0 Å². The lowest BCUT2D eigenvalue weighted by Crippen LogP contribution is -1.92. The molecule has 5 nitrogen and oxygen atoms in total. The molecule has 122 valence electrons. The summed E-state index contributed by atoms with van der Waals surface area (Å²) in [5.74, 6) is 1.91. The molecule has 0 aliphatic heterocycles. The first-order valence-corrected chi connectivity index (χ1v) is 8.23. The van der Waals surface area contributed by atoms with E-state index in [9.17, 15) is 0 Å². The fourth-order valence-electron chi connectivity index (χ4n) is 3.57. The van der Waals surface area contributed by atoms with Gasteiger partial charge < -0.3 is 14.1 Å². The van der Waals surface area contributed by atoms with Crippen LogP contribution < -0.4 is 0 Å². The maximum absolute atomic E-state index is 4.52. The lowest BCUT2D eigenvalue weighted by Gasteiger charge is -2.03. The zero-order valence-electron chi connectivity index (χ0n) is 14.1. The average Bonchev–Trinajstić information content (AvgIpc) is 3.32. The van der Waals surface area contributed by atoms with Crippen molar-refractivity contribution in [2.75, 3.05) is 0 Å². The highest BCUT2D eigenvalue weighted by molar-refractivity contribution is 6.14. The van der Waals surface area contributed by atoms with Crippen molar-refractivity contribution in [3.8, 4) is 22.8 Å². The van der Waals surface area contributed by atoms with Gasteiger partial charge in [0.25, 0.3) is 0 Å². The maximum atomic E-state index is 4.52. The molecule has 0 spiro atoms. The topological polar surface area (TPSA) is 51.4 Å². The SMILES string of the molecule is Cn1ccnc1-c1cccc2c1[nH]c1c(-c3nccn3C)cccc12. The van der Waals surface area contributed by atoms with Crippen molar-refractivity contribution in [2.24, 2.45) is 14.1 Å². The summed E-state index contributed by atoms with van der Waals surface area (Å²) in [5, 5.41) is 2.40. The first-order chi connectivity index (χ1) is 12.2. The number of hydrogen-bond donors (Lipinski definition) is 1. The van der Waals surface area contributed by atoms with Crippen molar-refractivity contribution in [3.63, 3.8) is 0 Å². The van der Waals surface area contributed by atoms with Gasteiger partial charge in [0, 0.05) is 60.8 Å². The lowest BCUT2D eigenvalue weighted by atomic mass is 10.1. The number of para-hydroxylation sites is 2. The lowest BCUT2D eigenvalue weighted by molar-refractivity contribution is 0.925. The molecule has 0 saturated carbocycles. The number of aryl methyl sites for hydroxylation is 2. The number of rotatable bonds is 2. The van der Waals surface area contributed by atoms with Crippen LogP contribution in [0.4, 0.5) is 0 Å². The second kappa shape index (κ2) is 5.08. The summed E-state index contributed by atoms with van der Waals surface area (Å²) >= 11 is 0. The molecule has 0 bridgehead atoms.